The van der Waals surface area contributed by atoms with E-state index in [1.165, 1.54) is 12.1 Å². The van der Waals surface area contributed by atoms with Crippen LogP contribution in [0.15, 0.2) is 16.6 Å². The fourth-order valence-electron chi connectivity index (χ4n) is 2.39. The molecule has 2 aromatic rings. The highest BCUT2D eigenvalue weighted by molar-refractivity contribution is 9.10. The Balaban J connectivity index is 2.44. The molecule has 2 rings (SSSR count). The second-order valence-corrected chi connectivity index (χ2v) is 6.32. The van der Waals surface area contributed by atoms with Crippen molar-refractivity contribution in [3.8, 4) is 0 Å². The van der Waals surface area contributed by atoms with Crippen LogP contribution in [0.1, 0.15) is 41.2 Å². The van der Waals surface area contributed by atoms with Crippen LogP contribution >= 0.6 is 27.5 Å². The van der Waals surface area contributed by atoms with E-state index in [9.17, 15) is 8.78 Å². The number of hydrogen-bond acceptors (Lipinski definition) is 1. The molecule has 0 amide bonds. The number of rotatable bonds is 4. The molecule has 6 heteroatoms. The molecule has 1 heterocycles. The van der Waals surface area contributed by atoms with E-state index in [-0.39, 0.29) is 22.0 Å². The number of aromatic nitrogens is 2. The summed E-state index contributed by atoms with van der Waals surface area (Å²) in [6.07, 6.45) is 0.772. The van der Waals surface area contributed by atoms with Gasteiger partial charge in [0, 0.05) is 16.8 Å². The molecule has 2 nitrogen and oxygen atoms in total. The zero-order valence-corrected chi connectivity index (χ0v) is 14.4. The molecule has 0 saturated heterocycles. The molecule has 0 aliphatic carbocycles. The van der Waals surface area contributed by atoms with Crippen molar-refractivity contribution in [1.82, 2.24) is 9.78 Å². The van der Waals surface area contributed by atoms with Crippen LogP contribution in [0.25, 0.3) is 0 Å². The summed E-state index contributed by atoms with van der Waals surface area (Å²) in [6, 6.07) is 2.60. The van der Waals surface area contributed by atoms with Gasteiger partial charge in [-0.1, -0.05) is 6.92 Å². The summed E-state index contributed by atoms with van der Waals surface area (Å²) in [7, 11) is 0. The first-order chi connectivity index (χ1) is 9.86. The number of alkyl halides is 1. The van der Waals surface area contributed by atoms with Crippen LogP contribution in [-0.2, 0) is 6.54 Å². The molecule has 0 saturated carbocycles. The van der Waals surface area contributed by atoms with Crippen LogP contribution in [0.3, 0.4) is 0 Å². The summed E-state index contributed by atoms with van der Waals surface area (Å²) in [6.45, 7) is 5.75. The topological polar surface area (TPSA) is 17.8 Å². The van der Waals surface area contributed by atoms with E-state index in [1.807, 2.05) is 20.8 Å². The molecular weight excluding hydrogens is 362 g/mol. The Morgan fingerprint density at radius 2 is 2.00 bits per heavy atom. The molecule has 21 heavy (non-hydrogen) atoms. The van der Waals surface area contributed by atoms with Gasteiger partial charge in [-0.2, -0.15) is 5.10 Å². The summed E-state index contributed by atoms with van der Waals surface area (Å²) in [5, 5.41) is 4.23. The average Bonchev–Trinajstić information content (AvgIpc) is 2.73. The summed E-state index contributed by atoms with van der Waals surface area (Å²) >= 11 is 9.37. The molecule has 0 fully saturated rings. The van der Waals surface area contributed by atoms with Crippen LogP contribution in [0, 0.1) is 25.5 Å². The summed E-state index contributed by atoms with van der Waals surface area (Å²) in [5.74, 6) is -1.18. The number of aryl methyl sites for hydroxylation is 1. The first-order valence-corrected chi connectivity index (χ1v) is 7.90. The van der Waals surface area contributed by atoms with Gasteiger partial charge in [-0.05, 0) is 48.3 Å². The Morgan fingerprint density at radius 1 is 1.33 bits per heavy atom. The van der Waals surface area contributed by atoms with E-state index >= 15 is 0 Å². The minimum Gasteiger partial charge on any atom is -0.265 e. The first kappa shape index (κ1) is 16.4. The number of halogens is 4. The van der Waals surface area contributed by atoms with Gasteiger partial charge in [0.25, 0.3) is 0 Å². The van der Waals surface area contributed by atoms with Crippen LogP contribution in [0.4, 0.5) is 8.78 Å². The van der Waals surface area contributed by atoms with Gasteiger partial charge >= 0.3 is 0 Å². The quantitative estimate of drug-likeness (QED) is 0.523. The van der Waals surface area contributed by atoms with E-state index < -0.39 is 11.6 Å². The van der Waals surface area contributed by atoms with Crippen LogP contribution in [-0.4, -0.2) is 9.78 Å². The lowest BCUT2D eigenvalue weighted by Crippen LogP contribution is -2.08. The molecule has 1 aromatic carbocycles. The lowest BCUT2D eigenvalue weighted by atomic mass is 10.1. The van der Waals surface area contributed by atoms with Gasteiger partial charge in [0.05, 0.1) is 22.1 Å². The third kappa shape index (κ3) is 3.14. The van der Waals surface area contributed by atoms with Crippen LogP contribution < -0.4 is 0 Å². The highest BCUT2D eigenvalue weighted by Gasteiger charge is 2.20. The van der Waals surface area contributed by atoms with Crippen LogP contribution in [0.2, 0.25) is 0 Å². The second kappa shape index (κ2) is 6.44. The summed E-state index contributed by atoms with van der Waals surface area (Å²) in [5.41, 5.74) is 2.57. The Labute approximate surface area is 136 Å². The van der Waals surface area contributed by atoms with Crippen molar-refractivity contribution in [2.24, 2.45) is 0 Å². The predicted octanol–water partition coefficient (Wildman–Crippen LogP) is 5.28. The molecule has 1 aromatic heterocycles. The Hall–Kier alpha value is -0.940. The van der Waals surface area contributed by atoms with Crippen molar-refractivity contribution in [3.05, 3.63) is 50.8 Å². The van der Waals surface area contributed by atoms with Gasteiger partial charge < -0.3 is 0 Å². The smallest absolute Gasteiger partial charge is 0.145 e. The summed E-state index contributed by atoms with van der Waals surface area (Å²) < 4.78 is 29.8. The standard InChI is InChI=1S/C15H16BrClF2N2/c1-4-12(17)14-8(2)20-21(9(14)3)7-10-13(18)6-5-11(16)15(10)19/h5-6,12H,4,7H2,1-3H3. The normalized spacial score (nSPS) is 12.7. The third-order valence-electron chi connectivity index (χ3n) is 3.56. The molecule has 0 N–H and O–H groups in total. The molecule has 1 unspecified atom stereocenters. The second-order valence-electron chi connectivity index (χ2n) is 4.94. The monoisotopic (exact) mass is 376 g/mol. The van der Waals surface area contributed by atoms with Gasteiger partial charge in [-0.3, -0.25) is 4.68 Å². The lowest BCUT2D eigenvalue weighted by molar-refractivity contribution is 0.525. The van der Waals surface area contributed by atoms with Crippen molar-refractivity contribution in [3.63, 3.8) is 0 Å². The summed E-state index contributed by atoms with van der Waals surface area (Å²) in [4.78, 5) is 0. The van der Waals surface area contributed by atoms with E-state index in [0.717, 1.165) is 23.4 Å². The van der Waals surface area contributed by atoms with E-state index in [4.69, 9.17) is 11.6 Å². The Bertz CT molecular complexity index is 670. The lowest BCUT2D eigenvalue weighted by Gasteiger charge is -2.10. The van der Waals surface area contributed by atoms with Gasteiger partial charge in [0.1, 0.15) is 11.6 Å². The highest BCUT2D eigenvalue weighted by Crippen LogP contribution is 2.30. The molecule has 0 aliphatic heterocycles. The molecule has 0 radical (unpaired) electrons. The maximum Gasteiger partial charge on any atom is 0.145 e. The largest absolute Gasteiger partial charge is 0.265 e. The average molecular weight is 378 g/mol. The van der Waals surface area contributed by atoms with E-state index in [0.29, 0.717) is 0 Å². The fraction of sp³-hybridized carbons (Fsp3) is 0.400. The maximum atomic E-state index is 14.1. The fourth-order valence-corrected chi connectivity index (χ4v) is 3.07. The number of benzene rings is 1. The number of nitrogens with zero attached hydrogens (tertiary/aromatic N) is 2. The Morgan fingerprint density at radius 3 is 2.62 bits per heavy atom. The molecule has 114 valence electrons. The molecule has 0 bridgehead atoms. The van der Waals surface area contributed by atoms with Gasteiger partial charge in [0.15, 0.2) is 0 Å². The van der Waals surface area contributed by atoms with Gasteiger partial charge in [0.2, 0.25) is 0 Å². The molecular formula is C15H16BrClF2N2. The van der Waals surface area contributed by atoms with Gasteiger partial charge in [-0.25, -0.2) is 8.78 Å². The van der Waals surface area contributed by atoms with Crippen molar-refractivity contribution >= 4 is 27.5 Å². The highest BCUT2D eigenvalue weighted by atomic mass is 79.9. The van der Waals surface area contributed by atoms with E-state index in [1.54, 1.807) is 4.68 Å². The SMILES string of the molecule is CCC(Cl)c1c(C)nn(Cc2c(F)ccc(Br)c2F)c1C. The predicted molar refractivity (Wildman–Crippen MR) is 83.7 cm³/mol. The molecule has 0 aliphatic rings. The first-order valence-electron chi connectivity index (χ1n) is 6.67. The maximum absolute atomic E-state index is 14.1. The van der Waals surface area contributed by atoms with Crippen molar-refractivity contribution in [2.45, 2.75) is 39.1 Å². The van der Waals surface area contributed by atoms with E-state index in [2.05, 4.69) is 21.0 Å². The number of hydrogen-bond donors (Lipinski definition) is 0. The minimum absolute atomic E-state index is 0.0101. The van der Waals surface area contributed by atoms with Gasteiger partial charge in [-0.15, -0.1) is 11.6 Å². The zero-order valence-electron chi connectivity index (χ0n) is 12.1. The minimum atomic E-state index is -0.595. The Kier molecular flexibility index (Phi) is 5.04. The van der Waals surface area contributed by atoms with Crippen molar-refractivity contribution in [1.29, 1.82) is 0 Å². The third-order valence-corrected chi connectivity index (χ3v) is 4.70. The zero-order chi connectivity index (χ0) is 15.7. The van der Waals surface area contributed by atoms with Crippen molar-refractivity contribution < 1.29 is 8.78 Å². The molecule has 1 atom stereocenters. The molecule has 0 spiro atoms. The van der Waals surface area contributed by atoms with Crippen molar-refractivity contribution in [2.75, 3.05) is 0 Å². The van der Waals surface area contributed by atoms with Crippen LogP contribution in [0.5, 0.6) is 0 Å².